The third kappa shape index (κ3) is 4.38. The summed E-state index contributed by atoms with van der Waals surface area (Å²) in [6, 6.07) is 1.92. The van der Waals surface area contributed by atoms with Crippen LogP contribution >= 0.6 is 0 Å². The number of aromatic nitrogens is 1. The van der Waals surface area contributed by atoms with Crippen molar-refractivity contribution in [2.75, 3.05) is 38.3 Å². The number of alkyl halides is 3. The molecule has 4 fully saturated rings. The van der Waals surface area contributed by atoms with Gasteiger partial charge in [0.2, 0.25) is 0 Å². The number of carbonyl (C=O) groups excluding carboxylic acids is 1. The average Bonchev–Trinajstić information content (AvgIpc) is 3.53. The molecule has 0 unspecified atom stereocenters. The Bertz CT molecular complexity index is 918. The number of methoxy groups -OCH3 is 1. The molecule has 2 N–H and O–H groups in total. The fourth-order valence-electron chi connectivity index (χ4n) is 6.01. The molecule has 34 heavy (non-hydrogen) atoms. The van der Waals surface area contributed by atoms with Gasteiger partial charge in [-0.3, -0.25) is 4.79 Å². The summed E-state index contributed by atoms with van der Waals surface area (Å²) < 4.78 is 50.3. The second-order valence-corrected chi connectivity index (χ2v) is 9.94. The molecule has 5 rings (SSSR count). The Morgan fingerprint density at radius 3 is 2.85 bits per heavy atom. The summed E-state index contributed by atoms with van der Waals surface area (Å²) in [6.45, 7) is 1.98. The van der Waals surface area contributed by atoms with Crippen LogP contribution in [0.5, 0.6) is 0 Å². The van der Waals surface area contributed by atoms with Crippen LogP contribution in [0.1, 0.15) is 37.7 Å². The highest BCUT2D eigenvalue weighted by Crippen LogP contribution is 2.40. The number of aliphatic hydroxyl groups is 1. The Morgan fingerprint density at radius 2 is 2.15 bits per heavy atom. The minimum atomic E-state index is -4.43. The van der Waals surface area contributed by atoms with Gasteiger partial charge in [0.1, 0.15) is 11.4 Å². The van der Waals surface area contributed by atoms with Crippen molar-refractivity contribution in [1.29, 1.82) is 0 Å². The van der Waals surface area contributed by atoms with Gasteiger partial charge in [0, 0.05) is 51.5 Å². The van der Waals surface area contributed by atoms with Crippen LogP contribution in [0, 0.1) is 0 Å². The molecule has 0 radical (unpaired) electrons. The van der Waals surface area contributed by atoms with E-state index in [0.29, 0.717) is 52.0 Å². The van der Waals surface area contributed by atoms with Gasteiger partial charge in [0.15, 0.2) is 0 Å². The molecule has 3 saturated heterocycles. The maximum absolute atomic E-state index is 13.4. The van der Waals surface area contributed by atoms with Crippen LogP contribution in [0.15, 0.2) is 18.3 Å². The highest BCUT2D eigenvalue weighted by molar-refractivity contribution is 5.86. The quantitative estimate of drug-likeness (QED) is 0.656. The van der Waals surface area contributed by atoms with E-state index in [2.05, 4.69) is 10.3 Å². The zero-order valence-electron chi connectivity index (χ0n) is 19.1. The number of hydrogen-bond acceptors (Lipinski definition) is 7. The molecule has 8 nitrogen and oxygen atoms in total. The number of likely N-dealkylation sites (tertiary alicyclic amines) is 1. The molecule has 6 atom stereocenters. The maximum atomic E-state index is 13.4. The predicted octanol–water partition coefficient (Wildman–Crippen LogP) is 1.57. The molecule has 4 aliphatic rings. The van der Waals surface area contributed by atoms with E-state index in [0.717, 1.165) is 18.6 Å². The number of piperazine rings is 1. The topological polar surface area (TPSA) is 87.2 Å². The van der Waals surface area contributed by atoms with E-state index in [1.54, 1.807) is 12.0 Å². The number of carbonyl (C=O) groups is 1. The molecule has 3 aliphatic heterocycles. The Kier molecular flexibility index (Phi) is 6.24. The summed E-state index contributed by atoms with van der Waals surface area (Å²) >= 11 is 0. The average molecular weight is 485 g/mol. The number of ether oxygens (including phenoxy) is 2. The zero-order valence-corrected chi connectivity index (χ0v) is 19.1. The third-order valence-electron chi connectivity index (χ3n) is 7.81. The zero-order chi connectivity index (χ0) is 24.1. The highest BCUT2D eigenvalue weighted by Gasteiger charge is 2.53. The van der Waals surface area contributed by atoms with Gasteiger partial charge in [-0.05, 0) is 37.8 Å². The number of rotatable bonds is 5. The molecule has 11 heteroatoms. The maximum Gasteiger partial charge on any atom is 0.416 e. The van der Waals surface area contributed by atoms with Gasteiger partial charge in [-0.25, -0.2) is 4.98 Å². The van der Waals surface area contributed by atoms with Gasteiger partial charge in [-0.15, -0.1) is 0 Å². The minimum absolute atomic E-state index is 0.0142. The lowest BCUT2D eigenvalue weighted by Crippen LogP contribution is -2.56. The number of pyridine rings is 1. The van der Waals surface area contributed by atoms with Gasteiger partial charge in [-0.2, -0.15) is 13.2 Å². The van der Waals surface area contributed by atoms with E-state index in [-0.39, 0.29) is 42.0 Å². The molecule has 188 valence electrons. The first-order chi connectivity index (χ1) is 16.2. The third-order valence-corrected chi connectivity index (χ3v) is 7.81. The smallest absolute Gasteiger partial charge is 0.380 e. The molecule has 0 spiro atoms. The lowest BCUT2D eigenvalue weighted by molar-refractivity contribution is -0.152. The van der Waals surface area contributed by atoms with Crippen molar-refractivity contribution >= 4 is 11.7 Å². The lowest BCUT2D eigenvalue weighted by Gasteiger charge is -2.38. The monoisotopic (exact) mass is 484 g/mol. The van der Waals surface area contributed by atoms with E-state index in [9.17, 15) is 23.1 Å². The number of nitrogens with one attached hydrogen (secondary N) is 1. The largest absolute Gasteiger partial charge is 0.416 e. The molecular weight excluding hydrogens is 453 g/mol. The van der Waals surface area contributed by atoms with E-state index in [4.69, 9.17) is 9.47 Å². The standard InChI is InChI=1S/C23H31F3N4O4/c1-33-19-13-34-7-4-18(19)28-15-2-5-22(32,10-15)21(31)30-12-16-9-17(30)11-29(16)20-8-14(3-6-27-20)23(24,25)26/h3,6,8,15-19,28,32H,2,4-5,7,9-13H2,1H3/t15-,16+,17+,18+,19-,22-/m1/s1. The molecule has 1 aromatic heterocycles. The SMILES string of the molecule is CO[C@@H]1COCC[C@@H]1N[C@@H]1CC[C@](O)(C(=O)N2C[C@@H]3C[C@H]2CN3c2cc(C(F)(F)F)ccn2)C1. The summed E-state index contributed by atoms with van der Waals surface area (Å²) in [5, 5.41) is 14.8. The van der Waals surface area contributed by atoms with Crippen LogP contribution in [0.3, 0.4) is 0 Å². The fraction of sp³-hybridized carbons (Fsp3) is 0.739. The number of hydrogen-bond donors (Lipinski definition) is 2. The Morgan fingerprint density at radius 1 is 1.32 bits per heavy atom. The van der Waals surface area contributed by atoms with Crippen LogP contribution in [0.2, 0.25) is 0 Å². The fourth-order valence-corrected chi connectivity index (χ4v) is 6.01. The van der Waals surface area contributed by atoms with Crippen molar-refractivity contribution in [1.82, 2.24) is 15.2 Å². The van der Waals surface area contributed by atoms with Crippen molar-refractivity contribution in [3.05, 3.63) is 23.9 Å². The van der Waals surface area contributed by atoms with Crippen molar-refractivity contribution in [2.24, 2.45) is 0 Å². The first-order valence-corrected chi connectivity index (χ1v) is 11.9. The van der Waals surface area contributed by atoms with Gasteiger partial charge in [0.05, 0.1) is 30.4 Å². The number of anilines is 1. The van der Waals surface area contributed by atoms with E-state index in [1.807, 2.05) is 4.90 Å². The van der Waals surface area contributed by atoms with E-state index >= 15 is 0 Å². The minimum Gasteiger partial charge on any atom is -0.380 e. The predicted molar refractivity (Wildman–Crippen MR) is 116 cm³/mol. The lowest BCUT2D eigenvalue weighted by atomic mass is 9.98. The first kappa shape index (κ1) is 23.8. The van der Waals surface area contributed by atoms with Crippen molar-refractivity contribution in [3.63, 3.8) is 0 Å². The van der Waals surface area contributed by atoms with Crippen LogP contribution in [0.4, 0.5) is 19.0 Å². The van der Waals surface area contributed by atoms with Crippen molar-refractivity contribution in [2.45, 2.75) is 74.2 Å². The highest BCUT2D eigenvalue weighted by atomic mass is 19.4. The second-order valence-electron chi connectivity index (χ2n) is 9.94. The van der Waals surface area contributed by atoms with Crippen LogP contribution in [-0.4, -0.2) is 90.2 Å². The molecular formula is C23H31F3N4O4. The number of fused-ring (bicyclic) bond motifs is 2. The molecule has 1 saturated carbocycles. The van der Waals surface area contributed by atoms with Gasteiger partial charge < -0.3 is 29.7 Å². The Balaban J connectivity index is 1.20. The van der Waals surface area contributed by atoms with E-state index < -0.39 is 17.3 Å². The summed E-state index contributed by atoms with van der Waals surface area (Å²) in [5.74, 6) is 0.0126. The summed E-state index contributed by atoms with van der Waals surface area (Å²) in [6.07, 6.45) is -0.406. The van der Waals surface area contributed by atoms with Gasteiger partial charge in [0.25, 0.3) is 5.91 Å². The number of nitrogens with zero attached hydrogens (tertiary/aromatic N) is 3. The Labute approximate surface area is 196 Å². The van der Waals surface area contributed by atoms with Gasteiger partial charge in [-0.1, -0.05) is 0 Å². The summed E-state index contributed by atoms with van der Waals surface area (Å²) in [5.41, 5.74) is -2.15. The molecule has 4 heterocycles. The summed E-state index contributed by atoms with van der Waals surface area (Å²) in [7, 11) is 1.66. The van der Waals surface area contributed by atoms with Crippen LogP contribution in [-0.2, 0) is 20.4 Å². The molecule has 0 aromatic carbocycles. The molecule has 1 amide bonds. The Hall–Kier alpha value is -1.95. The number of halogens is 3. The van der Waals surface area contributed by atoms with Crippen molar-refractivity contribution < 1.29 is 32.5 Å². The molecule has 1 aliphatic carbocycles. The molecule has 2 bridgehead atoms. The normalized spacial score (nSPS) is 35.9. The number of amides is 1. The molecule has 1 aromatic rings. The van der Waals surface area contributed by atoms with Gasteiger partial charge >= 0.3 is 6.18 Å². The second kappa shape index (κ2) is 8.92. The van der Waals surface area contributed by atoms with Crippen molar-refractivity contribution in [3.8, 4) is 0 Å². The summed E-state index contributed by atoms with van der Waals surface area (Å²) in [4.78, 5) is 21.1. The first-order valence-electron chi connectivity index (χ1n) is 11.9. The van der Waals surface area contributed by atoms with Crippen LogP contribution in [0.25, 0.3) is 0 Å². The van der Waals surface area contributed by atoms with E-state index in [1.165, 1.54) is 6.20 Å². The van der Waals surface area contributed by atoms with Crippen LogP contribution < -0.4 is 10.2 Å².